The molecule has 0 spiro atoms. The lowest BCUT2D eigenvalue weighted by atomic mass is 10.0. The van der Waals surface area contributed by atoms with Gasteiger partial charge in [-0.15, -0.1) is 0 Å². The van der Waals surface area contributed by atoms with Crippen LogP contribution >= 0.6 is 23.2 Å². The first-order valence-electron chi connectivity index (χ1n) is 10.2. The largest absolute Gasteiger partial charge is 0.483 e. The number of halogens is 2. The molecule has 1 aromatic carbocycles. The van der Waals surface area contributed by atoms with Crippen LogP contribution in [-0.2, 0) is 16.1 Å². The number of ether oxygens (including phenoxy) is 1. The Morgan fingerprint density at radius 1 is 1.10 bits per heavy atom. The summed E-state index contributed by atoms with van der Waals surface area (Å²) in [6.07, 6.45) is 4.78. The predicted octanol–water partition coefficient (Wildman–Crippen LogP) is 5.23. The molecule has 0 radical (unpaired) electrons. The molecule has 0 amide bonds. The molecule has 2 aromatic rings. The molecule has 2 fully saturated rings. The smallest absolute Gasteiger partial charge is 0.290 e. The van der Waals surface area contributed by atoms with Crippen LogP contribution in [0.2, 0.25) is 10.0 Å². The summed E-state index contributed by atoms with van der Waals surface area (Å²) in [6.45, 7) is 3.48. The SMILES string of the molecule is Clc1ccc(Nc2ccc(CNCC3CCOCC3)c(C3CC3)n2)cc1Cl.O=CO. The second-order valence-electron chi connectivity index (χ2n) is 7.56. The van der Waals surface area contributed by atoms with Crippen molar-refractivity contribution in [2.45, 2.75) is 38.1 Å². The van der Waals surface area contributed by atoms with Gasteiger partial charge in [0.05, 0.1) is 15.7 Å². The van der Waals surface area contributed by atoms with Crippen molar-refractivity contribution in [3.63, 3.8) is 0 Å². The van der Waals surface area contributed by atoms with Gasteiger partial charge < -0.3 is 20.5 Å². The molecule has 1 saturated carbocycles. The quantitative estimate of drug-likeness (QED) is 0.500. The fourth-order valence-corrected chi connectivity index (χ4v) is 3.81. The summed E-state index contributed by atoms with van der Waals surface area (Å²) in [6, 6.07) is 9.77. The van der Waals surface area contributed by atoms with E-state index in [1.165, 1.54) is 24.1 Å². The number of nitrogens with one attached hydrogen (secondary N) is 2. The lowest BCUT2D eigenvalue weighted by Crippen LogP contribution is -2.27. The van der Waals surface area contributed by atoms with Crippen molar-refractivity contribution >= 4 is 41.2 Å². The molecular weight excluding hydrogens is 425 g/mol. The second-order valence-corrected chi connectivity index (χ2v) is 8.38. The first kappa shape index (κ1) is 22.8. The molecule has 1 saturated heterocycles. The van der Waals surface area contributed by atoms with Crippen LogP contribution in [0.15, 0.2) is 30.3 Å². The first-order chi connectivity index (χ1) is 14.6. The van der Waals surface area contributed by atoms with Gasteiger partial charge in [0.25, 0.3) is 6.47 Å². The first-order valence-corrected chi connectivity index (χ1v) is 10.9. The molecule has 4 rings (SSSR count). The Labute approximate surface area is 186 Å². The summed E-state index contributed by atoms with van der Waals surface area (Å²) in [5, 5.41) is 15.0. The van der Waals surface area contributed by atoms with Crippen LogP contribution in [0.25, 0.3) is 0 Å². The normalized spacial score (nSPS) is 16.5. The Hall–Kier alpha value is -1.86. The zero-order valence-corrected chi connectivity index (χ0v) is 18.3. The van der Waals surface area contributed by atoms with Gasteiger partial charge in [0.2, 0.25) is 0 Å². The topological polar surface area (TPSA) is 83.5 Å². The molecule has 0 bridgehead atoms. The van der Waals surface area contributed by atoms with E-state index in [1.807, 2.05) is 18.2 Å². The fourth-order valence-electron chi connectivity index (χ4n) is 3.52. The van der Waals surface area contributed by atoms with E-state index in [0.717, 1.165) is 56.6 Å². The van der Waals surface area contributed by atoms with Crippen LogP contribution in [0.1, 0.15) is 42.9 Å². The maximum atomic E-state index is 8.36. The highest BCUT2D eigenvalue weighted by atomic mass is 35.5. The van der Waals surface area contributed by atoms with Crippen molar-refractivity contribution in [3.8, 4) is 0 Å². The van der Waals surface area contributed by atoms with E-state index in [0.29, 0.717) is 16.0 Å². The lowest BCUT2D eigenvalue weighted by molar-refractivity contribution is -0.122. The molecule has 162 valence electrons. The van der Waals surface area contributed by atoms with Crippen molar-refractivity contribution in [2.75, 3.05) is 25.1 Å². The van der Waals surface area contributed by atoms with Crippen LogP contribution in [0.3, 0.4) is 0 Å². The van der Waals surface area contributed by atoms with Crippen LogP contribution < -0.4 is 10.6 Å². The summed E-state index contributed by atoms with van der Waals surface area (Å²) in [7, 11) is 0. The fraction of sp³-hybridized carbons (Fsp3) is 0.455. The Morgan fingerprint density at radius 3 is 2.50 bits per heavy atom. The van der Waals surface area contributed by atoms with Crippen molar-refractivity contribution < 1.29 is 14.6 Å². The molecule has 2 heterocycles. The van der Waals surface area contributed by atoms with Gasteiger partial charge in [-0.3, -0.25) is 4.79 Å². The molecule has 3 N–H and O–H groups in total. The van der Waals surface area contributed by atoms with E-state index >= 15 is 0 Å². The van der Waals surface area contributed by atoms with Crippen LogP contribution in [0, 0.1) is 5.92 Å². The molecule has 0 unspecified atom stereocenters. The summed E-state index contributed by atoms with van der Waals surface area (Å²) in [4.78, 5) is 13.3. The number of aromatic nitrogens is 1. The molecule has 2 aliphatic rings. The predicted molar refractivity (Wildman–Crippen MR) is 120 cm³/mol. The van der Waals surface area contributed by atoms with Crippen LogP contribution in [0.4, 0.5) is 11.5 Å². The van der Waals surface area contributed by atoms with E-state index in [-0.39, 0.29) is 6.47 Å². The average Bonchev–Trinajstić information content (AvgIpc) is 3.58. The number of benzene rings is 1. The monoisotopic (exact) mass is 451 g/mol. The molecule has 1 aromatic heterocycles. The van der Waals surface area contributed by atoms with Gasteiger partial charge in [-0.1, -0.05) is 29.3 Å². The summed E-state index contributed by atoms with van der Waals surface area (Å²) in [5.41, 5.74) is 3.42. The number of nitrogens with zero attached hydrogens (tertiary/aromatic N) is 1. The number of carbonyl (C=O) groups is 1. The lowest BCUT2D eigenvalue weighted by Gasteiger charge is -2.22. The van der Waals surface area contributed by atoms with Gasteiger partial charge in [0.1, 0.15) is 5.82 Å². The third kappa shape index (κ3) is 6.84. The highest BCUT2D eigenvalue weighted by Gasteiger charge is 2.28. The number of hydrogen-bond donors (Lipinski definition) is 3. The van der Waals surface area contributed by atoms with Crippen molar-refractivity contribution in [2.24, 2.45) is 5.92 Å². The molecule has 30 heavy (non-hydrogen) atoms. The Kier molecular flexibility index (Phi) is 8.75. The Balaban J connectivity index is 0.000000806. The minimum Gasteiger partial charge on any atom is -0.483 e. The van der Waals surface area contributed by atoms with E-state index in [1.54, 1.807) is 6.07 Å². The molecule has 1 aliphatic carbocycles. The summed E-state index contributed by atoms with van der Waals surface area (Å²) < 4.78 is 5.44. The van der Waals surface area contributed by atoms with Crippen LogP contribution in [-0.4, -0.2) is 36.3 Å². The molecule has 8 heteroatoms. The summed E-state index contributed by atoms with van der Waals surface area (Å²) >= 11 is 12.1. The van der Waals surface area contributed by atoms with Gasteiger partial charge >= 0.3 is 0 Å². The van der Waals surface area contributed by atoms with E-state index in [2.05, 4.69) is 16.7 Å². The number of hydrogen-bond acceptors (Lipinski definition) is 5. The van der Waals surface area contributed by atoms with E-state index < -0.39 is 0 Å². The van der Waals surface area contributed by atoms with Gasteiger partial charge in [-0.2, -0.15) is 0 Å². The second kappa shape index (κ2) is 11.5. The third-order valence-electron chi connectivity index (χ3n) is 5.26. The van der Waals surface area contributed by atoms with Gasteiger partial charge in [0.15, 0.2) is 0 Å². The average molecular weight is 452 g/mol. The number of pyridine rings is 1. The molecule has 0 atom stereocenters. The minimum absolute atomic E-state index is 0.250. The minimum atomic E-state index is -0.250. The van der Waals surface area contributed by atoms with Crippen molar-refractivity contribution in [1.29, 1.82) is 0 Å². The van der Waals surface area contributed by atoms with Crippen molar-refractivity contribution in [1.82, 2.24) is 10.3 Å². The highest BCUT2D eigenvalue weighted by molar-refractivity contribution is 6.42. The van der Waals surface area contributed by atoms with Gasteiger partial charge in [-0.25, -0.2) is 4.98 Å². The van der Waals surface area contributed by atoms with E-state index in [9.17, 15) is 0 Å². The zero-order valence-electron chi connectivity index (χ0n) is 16.7. The number of anilines is 2. The third-order valence-corrected chi connectivity index (χ3v) is 6.00. The van der Waals surface area contributed by atoms with Crippen LogP contribution in [0.5, 0.6) is 0 Å². The molecule has 1 aliphatic heterocycles. The number of rotatable bonds is 7. The van der Waals surface area contributed by atoms with E-state index in [4.69, 9.17) is 42.8 Å². The summed E-state index contributed by atoms with van der Waals surface area (Å²) in [5.74, 6) is 2.18. The van der Waals surface area contributed by atoms with Gasteiger partial charge in [-0.05, 0) is 68.0 Å². The Morgan fingerprint density at radius 2 is 1.83 bits per heavy atom. The maximum Gasteiger partial charge on any atom is 0.290 e. The highest BCUT2D eigenvalue weighted by Crippen LogP contribution is 2.41. The molecule has 6 nitrogen and oxygen atoms in total. The van der Waals surface area contributed by atoms with Crippen molar-refractivity contribution in [3.05, 3.63) is 51.6 Å². The Bertz CT molecular complexity index is 840. The standard InChI is InChI=1S/C21H25Cl2N3O.CH2O2/c22-18-5-4-17(11-19(18)23)25-20-6-3-16(21(26-20)15-1-2-15)13-24-12-14-7-9-27-10-8-14;2-1-3/h3-6,11,14-15,24H,1-2,7-10,12-13H2,(H,25,26);1H,(H,2,3). The molecular formula is C22H27Cl2N3O3. The zero-order chi connectivity index (χ0) is 21.3. The van der Waals surface area contributed by atoms with Gasteiger partial charge in [0, 0.05) is 31.4 Å². The number of carboxylic acid groups (broad SMARTS) is 1. The maximum absolute atomic E-state index is 8.36.